The highest BCUT2D eigenvalue weighted by Crippen LogP contribution is 2.19. The van der Waals surface area contributed by atoms with Gasteiger partial charge in [-0.15, -0.1) is 0 Å². The second-order valence-electron chi connectivity index (χ2n) is 1.48. The molecule has 0 aliphatic heterocycles. The lowest BCUT2D eigenvalue weighted by Crippen LogP contribution is -1.70. The van der Waals surface area contributed by atoms with Crippen molar-refractivity contribution in [2.75, 3.05) is 0 Å². The average Bonchev–Trinajstić information content (AvgIpc) is 2.39. The lowest BCUT2D eigenvalue weighted by atomic mass is 10.3. The van der Waals surface area contributed by atoms with Crippen LogP contribution in [0.3, 0.4) is 0 Å². The van der Waals surface area contributed by atoms with E-state index in [0.29, 0.717) is 0 Å². The van der Waals surface area contributed by atoms with E-state index in [4.69, 9.17) is 11.6 Å². The molecule has 0 atom stereocenters. The van der Waals surface area contributed by atoms with Crippen LogP contribution in [0.2, 0.25) is 4.34 Å². The van der Waals surface area contributed by atoms with Gasteiger partial charge in [-0.3, -0.25) is 0 Å². The first-order chi connectivity index (χ1) is 4.84. The Bertz CT molecular complexity index is 174. The first-order valence-corrected chi connectivity index (χ1v) is 4.58. The minimum absolute atomic E-state index is 0.826. The zero-order valence-electron chi connectivity index (χ0n) is 6.52. The van der Waals surface area contributed by atoms with Gasteiger partial charge in [0, 0.05) is 11.8 Å². The van der Waals surface area contributed by atoms with Crippen LogP contribution < -0.4 is 0 Å². The first-order valence-electron chi connectivity index (χ1n) is 3.43. The Morgan fingerprint density at radius 2 is 2.20 bits per heavy atom. The van der Waals surface area contributed by atoms with Crippen molar-refractivity contribution in [2.45, 2.75) is 27.2 Å². The van der Waals surface area contributed by atoms with E-state index < -0.39 is 0 Å². The molecule has 0 aromatic carbocycles. The zero-order chi connectivity index (χ0) is 7.98. The van der Waals surface area contributed by atoms with Crippen LogP contribution in [0.4, 0.5) is 0 Å². The van der Waals surface area contributed by atoms with Crippen molar-refractivity contribution in [3.05, 3.63) is 16.1 Å². The summed E-state index contributed by atoms with van der Waals surface area (Å²) in [5.41, 5.74) is 1.15. The maximum absolute atomic E-state index is 5.70. The molecule has 1 aromatic heterocycles. The summed E-state index contributed by atoms with van der Waals surface area (Å²) < 4.78 is 4.73. The van der Waals surface area contributed by atoms with E-state index in [1.807, 2.05) is 20.0 Å². The minimum Gasteiger partial charge on any atom is -0.199 e. The molecule has 0 radical (unpaired) electrons. The molecule has 1 nitrogen and oxygen atoms in total. The van der Waals surface area contributed by atoms with E-state index in [-0.39, 0.29) is 0 Å². The third-order valence-corrected chi connectivity index (χ3v) is 2.06. The summed E-state index contributed by atoms with van der Waals surface area (Å²) in [5.74, 6) is 0. The van der Waals surface area contributed by atoms with Gasteiger partial charge in [0.2, 0.25) is 0 Å². The summed E-state index contributed by atoms with van der Waals surface area (Å²) in [5, 5.41) is 0. The van der Waals surface area contributed by atoms with Gasteiger partial charge in [0.25, 0.3) is 0 Å². The Labute approximate surface area is 71.2 Å². The van der Waals surface area contributed by atoms with Crippen LogP contribution in [-0.2, 0) is 6.42 Å². The lowest BCUT2D eigenvalue weighted by Gasteiger charge is -1.83. The highest BCUT2D eigenvalue weighted by Gasteiger charge is 1.96. The third kappa shape index (κ3) is 2.67. The molecule has 0 aliphatic rings. The summed E-state index contributed by atoms with van der Waals surface area (Å²) >= 11 is 7.04. The predicted octanol–water partition coefficient (Wildman–Crippen LogP) is 3.39. The molecule has 0 saturated heterocycles. The van der Waals surface area contributed by atoms with E-state index in [1.54, 1.807) is 0 Å². The van der Waals surface area contributed by atoms with Gasteiger partial charge in [0.05, 0.1) is 0 Å². The monoisotopic (exact) mass is 177 g/mol. The van der Waals surface area contributed by atoms with Crippen LogP contribution in [-0.4, -0.2) is 4.37 Å². The van der Waals surface area contributed by atoms with Gasteiger partial charge < -0.3 is 0 Å². The van der Waals surface area contributed by atoms with Crippen LogP contribution in [0.15, 0.2) is 6.20 Å². The van der Waals surface area contributed by atoms with Crippen molar-refractivity contribution in [3.63, 3.8) is 0 Å². The van der Waals surface area contributed by atoms with Gasteiger partial charge in [-0.1, -0.05) is 32.4 Å². The second-order valence-corrected chi connectivity index (χ2v) is 2.88. The van der Waals surface area contributed by atoms with E-state index >= 15 is 0 Å². The number of hydrogen-bond acceptors (Lipinski definition) is 2. The Morgan fingerprint density at radius 3 is 2.40 bits per heavy atom. The number of nitrogens with zero attached hydrogens (tertiary/aromatic N) is 1. The summed E-state index contributed by atoms with van der Waals surface area (Å²) in [6.45, 7) is 6.07. The van der Waals surface area contributed by atoms with Gasteiger partial charge in [-0.05, 0) is 18.0 Å². The first kappa shape index (κ1) is 9.92. The van der Waals surface area contributed by atoms with Crippen molar-refractivity contribution in [1.29, 1.82) is 0 Å². The molecular weight excluding hydrogens is 166 g/mol. The Morgan fingerprint density at radius 1 is 1.60 bits per heavy atom. The quantitative estimate of drug-likeness (QED) is 0.641. The molecular formula is C7H12ClNS. The van der Waals surface area contributed by atoms with Gasteiger partial charge in [0.1, 0.15) is 4.34 Å². The number of aromatic nitrogens is 1. The van der Waals surface area contributed by atoms with Crippen LogP contribution in [0.1, 0.15) is 26.3 Å². The molecule has 0 N–H and O–H groups in total. The molecule has 0 unspecified atom stereocenters. The number of hydrogen-bond donors (Lipinski definition) is 0. The van der Waals surface area contributed by atoms with Crippen molar-refractivity contribution < 1.29 is 0 Å². The van der Waals surface area contributed by atoms with Crippen LogP contribution in [0.5, 0.6) is 0 Å². The van der Waals surface area contributed by atoms with Crippen LogP contribution in [0, 0.1) is 0 Å². The van der Waals surface area contributed by atoms with Gasteiger partial charge in [-0.25, -0.2) is 0 Å². The molecule has 1 heterocycles. The molecule has 0 spiro atoms. The molecule has 3 heteroatoms. The summed E-state index contributed by atoms with van der Waals surface area (Å²) in [7, 11) is 0. The predicted molar refractivity (Wildman–Crippen MR) is 47.9 cm³/mol. The summed E-state index contributed by atoms with van der Waals surface area (Å²) in [4.78, 5) is 0. The van der Waals surface area contributed by atoms with Crippen molar-refractivity contribution in [1.82, 2.24) is 4.37 Å². The van der Waals surface area contributed by atoms with Crippen LogP contribution >= 0.6 is 23.1 Å². The van der Waals surface area contributed by atoms with Gasteiger partial charge in [-0.2, -0.15) is 4.37 Å². The van der Waals surface area contributed by atoms with E-state index in [0.717, 1.165) is 16.3 Å². The Hall–Kier alpha value is -0.0800. The SMILES string of the molecule is CC.CCc1cnsc1Cl. The number of aryl methyl sites for hydroxylation is 1. The molecule has 1 rings (SSSR count). The molecule has 0 saturated carbocycles. The molecule has 0 fully saturated rings. The minimum atomic E-state index is 0.826. The lowest BCUT2D eigenvalue weighted by molar-refractivity contribution is 1.14. The Kier molecular flexibility index (Phi) is 5.64. The summed E-state index contributed by atoms with van der Waals surface area (Å²) in [6.07, 6.45) is 2.79. The third-order valence-electron chi connectivity index (χ3n) is 0.975. The number of rotatable bonds is 1. The highest BCUT2D eigenvalue weighted by atomic mass is 35.5. The van der Waals surface area contributed by atoms with Gasteiger partial charge in [0.15, 0.2) is 0 Å². The van der Waals surface area contributed by atoms with Crippen molar-refractivity contribution in [3.8, 4) is 0 Å². The van der Waals surface area contributed by atoms with Crippen molar-refractivity contribution >= 4 is 23.1 Å². The fourth-order valence-corrected chi connectivity index (χ4v) is 1.36. The van der Waals surface area contributed by atoms with E-state index in [1.165, 1.54) is 11.5 Å². The molecule has 58 valence electrons. The average molecular weight is 178 g/mol. The molecule has 0 bridgehead atoms. The Balaban J connectivity index is 0.000000371. The molecule has 1 aromatic rings. The summed E-state index contributed by atoms with van der Waals surface area (Å²) in [6, 6.07) is 0. The smallest absolute Gasteiger partial charge is 0.117 e. The topological polar surface area (TPSA) is 12.9 Å². The van der Waals surface area contributed by atoms with Crippen molar-refractivity contribution in [2.24, 2.45) is 0 Å². The maximum Gasteiger partial charge on any atom is 0.117 e. The highest BCUT2D eigenvalue weighted by molar-refractivity contribution is 7.10. The fourth-order valence-electron chi connectivity index (χ4n) is 0.476. The molecule has 0 amide bonds. The normalized spacial score (nSPS) is 8.40. The van der Waals surface area contributed by atoms with Gasteiger partial charge >= 0.3 is 0 Å². The molecule has 0 aliphatic carbocycles. The van der Waals surface area contributed by atoms with E-state index in [9.17, 15) is 0 Å². The molecule has 10 heavy (non-hydrogen) atoms. The fraction of sp³-hybridized carbons (Fsp3) is 0.571. The van der Waals surface area contributed by atoms with Crippen LogP contribution in [0.25, 0.3) is 0 Å². The number of halogens is 1. The zero-order valence-corrected chi connectivity index (χ0v) is 8.09. The second kappa shape index (κ2) is 5.69. The largest absolute Gasteiger partial charge is 0.199 e. The van der Waals surface area contributed by atoms with E-state index in [2.05, 4.69) is 11.3 Å². The standard InChI is InChI=1S/C5H6ClNS.C2H6/c1-2-4-3-7-8-5(4)6;1-2/h3H,2H2,1H3;1-2H3. The maximum atomic E-state index is 5.70.